The van der Waals surface area contributed by atoms with Crippen molar-refractivity contribution >= 4 is 56.4 Å². The molecule has 33 heavy (non-hydrogen) atoms. The summed E-state index contributed by atoms with van der Waals surface area (Å²) in [5.74, 6) is -0.163. The third-order valence-electron chi connectivity index (χ3n) is 4.71. The Morgan fingerprint density at radius 3 is 2.91 bits per heavy atom. The number of rotatable bonds is 5. The minimum Gasteiger partial charge on any atom is -0.329 e. The minimum atomic E-state index is -0.546. The van der Waals surface area contributed by atoms with E-state index in [1.165, 1.54) is 29.2 Å². The van der Waals surface area contributed by atoms with E-state index >= 15 is 0 Å². The average molecular weight is 480 g/mol. The van der Waals surface area contributed by atoms with Gasteiger partial charge in [-0.05, 0) is 18.2 Å². The molecule has 0 aliphatic carbocycles. The molecular weight excluding hydrogens is 466 g/mol. The number of aromatic nitrogens is 7. The largest absolute Gasteiger partial charge is 0.329 e. The Bertz CT molecular complexity index is 1540. The summed E-state index contributed by atoms with van der Waals surface area (Å²) < 4.78 is 5.72. The van der Waals surface area contributed by atoms with Crippen LogP contribution in [0.2, 0.25) is 5.02 Å². The van der Waals surface area contributed by atoms with Crippen molar-refractivity contribution in [3.8, 4) is 11.4 Å². The third-order valence-corrected chi connectivity index (χ3v) is 5.75. The van der Waals surface area contributed by atoms with Gasteiger partial charge in [0, 0.05) is 48.1 Å². The molecule has 3 N–H and O–H groups in total. The highest BCUT2D eigenvalue weighted by Gasteiger charge is 2.16. The second-order valence-electron chi connectivity index (χ2n) is 6.91. The zero-order valence-electron chi connectivity index (χ0n) is 16.9. The number of H-pyrrole nitrogens is 1. The lowest BCUT2D eigenvalue weighted by molar-refractivity contribution is 0.102. The van der Waals surface area contributed by atoms with E-state index in [1.54, 1.807) is 19.4 Å². The molecule has 13 heteroatoms. The first-order chi connectivity index (χ1) is 16.0. The maximum absolute atomic E-state index is 12.5. The van der Waals surface area contributed by atoms with Gasteiger partial charge in [-0.1, -0.05) is 11.6 Å². The van der Waals surface area contributed by atoms with Gasteiger partial charge in [0.15, 0.2) is 5.82 Å². The zero-order valence-corrected chi connectivity index (χ0v) is 18.5. The molecule has 4 aromatic heterocycles. The Balaban J connectivity index is 1.42. The van der Waals surface area contributed by atoms with Gasteiger partial charge in [-0.3, -0.25) is 19.7 Å². The van der Waals surface area contributed by atoms with Gasteiger partial charge in [0.1, 0.15) is 11.4 Å². The number of aryl methyl sites for hydroxylation is 1. The summed E-state index contributed by atoms with van der Waals surface area (Å²) in [5, 5.41) is 14.4. The van der Waals surface area contributed by atoms with Gasteiger partial charge < -0.3 is 15.2 Å². The summed E-state index contributed by atoms with van der Waals surface area (Å²) in [4.78, 5) is 37.2. The predicted octanol–water partition coefficient (Wildman–Crippen LogP) is 3.22. The van der Waals surface area contributed by atoms with Gasteiger partial charge in [0.25, 0.3) is 11.5 Å². The Morgan fingerprint density at radius 1 is 1.21 bits per heavy atom. The molecule has 0 spiro atoms. The van der Waals surface area contributed by atoms with E-state index in [4.69, 9.17) is 11.6 Å². The summed E-state index contributed by atoms with van der Waals surface area (Å²) in [5.41, 5.74) is 1.81. The summed E-state index contributed by atoms with van der Waals surface area (Å²) in [6, 6.07) is 5.20. The highest BCUT2D eigenvalue weighted by Crippen LogP contribution is 2.33. The lowest BCUT2D eigenvalue weighted by Crippen LogP contribution is -2.24. The minimum absolute atomic E-state index is 0.0726. The highest BCUT2D eigenvalue weighted by atomic mass is 35.5. The van der Waals surface area contributed by atoms with E-state index in [2.05, 4.69) is 40.2 Å². The Kier molecular flexibility index (Phi) is 5.28. The van der Waals surface area contributed by atoms with Crippen LogP contribution in [-0.2, 0) is 7.05 Å². The summed E-state index contributed by atoms with van der Waals surface area (Å²) in [6.45, 7) is 0. The maximum Gasteiger partial charge on any atom is 0.276 e. The number of nitrogens with zero attached hydrogens (tertiary/aromatic N) is 6. The smallest absolute Gasteiger partial charge is 0.276 e. The normalized spacial score (nSPS) is 11.0. The molecule has 1 aromatic carbocycles. The molecule has 1 amide bonds. The molecule has 164 valence electrons. The lowest BCUT2D eigenvalue weighted by Gasteiger charge is -2.08. The van der Waals surface area contributed by atoms with Gasteiger partial charge in [-0.2, -0.15) is 14.5 Å². The van der Waals surface area contributed by atoms with Crippen molar-refractivity contribution in [3.63, 3.8) is 0 Å². The van der Waals surface area contributed by atoms with Crippen LogP contribution in [0.1, 0.15) is 10.5 Å². The molecule has 5 aromatic rings. The second kappa shape index (κ2) is 8.41. The first-order valence-corrected chi connectivity index (χ1v) is 10.7. The van der Waals surface area contributed by atoms with Crippen LogP contribution in [0.3, 0.4) is 0 Å². The molecule has 0 atom stereocenters. The fourth-order valence-electron chi connectivity index (χ4n) is 3.11. The van der Waals surface area contributed by atoms with Crippen molar-refractivity contribution in [2.75, 3.05) is 10.6 Å². The van der Waals surface area contributed by atoms with E-state index < -0.39 is 5.91 Å². The zero-order chi connectivity index (χ0) is 22.9. The number of benzene rings is 1. The molecule has 0 aliphatic heterocycles. The van der Waals surface area contributed by atoms with Crippen molar-refractivity contribution in [1.29, 1.82) is 0 Å². The van der Waals surface area contributed by atoms with E-state index in [0.717, 1.165) is 22.4 Å². The van der Waals surface area contributed by atoms with Crippen LogP contribution in [0.4, 0.5) is 16.5 Å². The first-order valence-electron chi connectivity index (χ1n) is 9.50. The van der Waals surface area contributed by atoms with Crippen molar-refractivity contribution in [2.24, 2.45) is 7.05 Å². The molecule has 0 aliphatic rings. The number of amides is 1. The molecular formula is C20H14ClN9O2S. The van der Waals surface area contributed by atoms with Gasteiger partial charge in [-0.25, -0.2) is 4.98 Å². The number of aromatic amines is 1. The van der Waals surface area contributed by atoms with Crippen LogP contribution >= 0.6 is 23.1 Å². The number of fused-ring (bicyclic) bond motifs is 1. The summed E-state index contributed by atoms with van der Waals surface area (Å²) >= 11 is 7.60. The predicted molar refractivity (Wildman–Crippen MR) is 125 cm³/mol. The Morgan fingerprint density at radius 2 is 2.09 bits per heavy atom. The van der Waals surface area contributed by atoms with Crippen molar-refractivity contribution in [3.05, 3.63) is 70.3 Å². The van der Waals surface area contributed by atoms with Crippen LogP contribution in [-0.4, -0.2) is 40.0 Å². The number of carbonyl (C=O) groups excluding carboxylic acids is 1. The van der Waals surface area contributed by atoms with Gasteiger partial charge in [0.2, 0.25) is 5.13 Å². The Hall–Kier alpha value is -4.16. The fourth-order valence-corrected chi connectivity index (χ4v) is 3.98. The monoisotopic (exact) mass is 479 g/mol. The van der Waals surface area contributed by atoms with Gasteiger partial charge >= 0.3 is 0 Å². The molecule has 0 saturated carbocycles. The van der Waals surface area contributed by atoms with E-state index in [-0.39, 0.29) is 16.9 Å². The number of carbonyl (C=O) groups is 1. The molecule has 0 saturated heterocycles. The molecule has 0 unspecified atom stereocenters. The van der Waals surface area contributed by atoms with Gasteiger partial charge in [-0.15, -0.1) is 0 Å². The van der Waals surface area contributed by atoms with Crippen LogP contribution in [0.5, 0.6) is 0 Å². The third kappa shape index (κ3) is 4.04. The standard InChI is InChI=1S/C20H14ClN9O2S/c1-30-9-10(6-14(19(30)32)25-18(31)15-8-22-4-5-23-15)17-27-20(33-29-17)26-13-3-2-12-11(16(13)21)7-24-28-12/h2-9H,1H3,(H,24,28)(H,25,31)(H,26,27,29). The van der Waals surface area contributed by atoms with E-state index in [0.29, 0.717) is 27.2 Å². The average Bonchev–Trinajstić information content (AvgIpc) is 3.49. The van der Waals surface area contributed by atoms with Crippen LogP contribution in [0, 0.1) is 0 Å². The van der Waals surface area contributed by atoms with E-state index in [1.807, 2.05) is 12.1 Å². The maximum atomic E-state index is 12.5. The van der Waals surface area contributed by atoms with Crippen LogP contribution in [0.15, 0.2) is 54.0 Å². The lowest BCUT2D eigenvalue weighted by atomic mass is 10.2. The molecule has 0 fully saturated rings. The first kappa shape index (κ1) is 20.7. The molecule has 5 rings (SSSR count). The van der Waals surface area contributed by atoms with Gasteiger partial charge in [0.05, 0.1) is 28.6 Å². The summed E-state index contributed by atoms with van der Waals surface area (Å²) in [6.07, 6.45) is 7.41. The van der Waals surface area contributed by atoms with Crippen molar-refractivity contribution in [2.45, 2.75) is 0 Å². The number of anilines is 3. The molecule has 0 bridgehead atoms. The number of hydrogen-bond acceptors (Lipinski definition) is 9. The summed E-state index contributed by atoms with van der Waals surface area (Å²) in [7, 11) is 1.58. The molecule has 4 heterocycles. The number of hydrogen-bond donors (Lipinski definition) is 3. The highest BCUT2D eigenvalue weighted by molar-refractivity contribution is 7.10. The number of pyridine rings is 1. The van der Waals surface area contributed by atoms with Crippen molar-refractivity contribution < 1.29 is 4.79 Å². The molecule has 0 radical (unpaired) electrons. The fraction of sp³-hybridized carbons (Fsp3) is 0.0500. The SMILES string of the molecule is Cn1cc(-c2nsc(Nc3ccc4[nH]ncc4c3Cl)n2)cc(NC(=O)c2cnccn2)c1=O. The quantitative estimate of drug-likeness (QED) is 0.348. The number of nitrogens with one attached hydrogen (secondary N) is 3. The number of halogens is 1. The van der Waals surface area contributed by atoms with Crippen LogP contribution in [0.25, 0.3) is 22.3 Å². The van der Waals surface area contributed by atoms with E-state index in [9.17, 15) is 9.59 Å². The Labute approximate surface area is 194 Å². The topological polar surface area (TPSA) is 143 Å². The van der Waals surface area contributed by atoms with Crippen molar-refractivity contribution in [1.82, 2.24) is 34.1 Å². The van der Waals surface area contributed by atoms with Crippen LogP contribution < -0.4 is 16.2 Å². The molecule has 11 nitrogen and oxygen atoms in total. The second-order valence-corrected chi connectivity index (χ2v) is 8.04.